The first-order chi connectivity index (χ1) is 20.2. The maximum Gasteiger partial charge on any atom is 0.178 e. The summed E-state index contributed by atoms with van der Waals surface area (Å²) in [5.74, 6) is -4.37. The SMILES string of the molecule is COc1ccc([C@@H]2Oc3cc(O)cc(O)c3C(=O)[C@H]2[C@@H]2C(=O)c3c(O)cc(O)cc3O[C@H]2c2ccc(OC)cc2)cc1. The van der Waals surface area contributed by atoms with Crippen LogP contribution in [0, 0.1) is 11.8 Å². The lowest BCUT2D eigenvalue weighted by Crippen LogP contribution is -2.45. The van der Waals surface area contributed by atoms with Crippen molar-refractivity contribution in [3.05, 3.63) is 95.1 Å². The number of aromatic hydroxyl groups is 4. The second kappa shape index (κ2) is 10.2. The van der Waals surface area contributed by atoms with Crippen molar-refractivity contribution in [1.29, 1.82) is 0 Å². The first-order valence-corrected chi connectivity index (χ1v) is 13.0. The molecular weight excluding hydrogens is 544 g/mol. The Bertz CT molecular complexity index is 1570. The van der Waals surface area contributed by atoms with E-state index in [1.807, 2.05) is 0 Å². The summed E-state index contributed by atoms with van der Waals surface area (Å²) in [7, 11) is 3.03. The lowest BCUT2D eigenvalue weighted by atomic mass is 9.69. The molecule has 0 fully saturated rings. The molecule has 0 radical (unpaired) electrons. The standard InChI is InChI=1S/C32H26O10/c1-39-19-7-3-15(4-8-19)31-27(29(37)25-21(35)11-17(33)13-23(25)41-31)28-30(38)26-22(36)12-18(34)14-24(26)42-32(28)16-5-9-20(40-2)10-6-16/h3-14,27-28,31-36H,1-2H3/t27-,28-,31+,32+/m1/s1. The van der Waals surface area contributed by atoms with Gasteiger partial charge in [-0.2, -0.15) is 0 Å². The zero-order valence-corrected chi connectivity index (χ0v) is 22.5. The van der Waals surface area contributed by atoms with Crippen molar-refractivity contribution in [2.24, 2.45) is 11.8 Å². The summed E-state index contributed by atoms with van der Waals surface area (Å²) < 4.78 is 23.1. The largest absolute Gasteiger partial charge is 0.508 e. The molecule has 0 amide bonds. The average Bonchev–Trinajstić information content (AvgIpc) is 2.96. The molecule has 10 heteroatoms. The van der Waals surface area contributed by atoms with E-state index in [0.29, 0.717) is 22.6 Å². The van der Waals surface area contributed by atoms with Crippen molar-refractivity contribution in [3.8, 4) is 46.0 Å². The van der Waals surface area contributed by atoms with Gasteiger partial charge < -0.3 is 39.4 Å². The van der Waals surface area contributed by atoms with Gasteiger partial charge in [-0.15, -0.1) is 0 Å². The number of fused-ring (bicyclic) bond motifs is 2. The van der Waals surface area contributed by atoms with E-state index in [1.165, 1.54) is 26.4 Å². The van der Waals surface area contributed by atoms with Gasteiger partial charge in [-0.1, -0.05) is 24.3 Å². The molecule has 2 heterocycles. The molecule has 4 atom stereocenters. The predicted octanol–water partition coefficient (Wildman–Crippen LogP) is 5.09. The van der Waals surface area contributed by atoms with E-state index in [4.69, 9.17) is 18.9 Å². The van der Waals surface area contributed by atoms with Crippen LogP contribution in [-0.4, -0.2) is 46.2 Å². The van der Waals surface area contributed by atoms with Crippen molar-refractivity contribution in [1.82, 2.24) is 0 Å². The summed E-state index contributed by atoms with van der Waals surface area (Å²) in [6.45, 7) is 0. The van der Waals surface area contributed by atoms with Crippen molar-refractivity contribution in [3.63, 3.8) is 0 Å². The van der Waals surface area contributed by atoms with E-state index in [0.717, 1.165) is 12.1 Å². The summed E-state index contributed by atoms with van der Waals surface area (Å²) in [4.78, 5) is 28.7. The van der Waals surface area contributed by atoms with Crippen LogP contribution in [0.2, 0.25) is 0 Å². The topological polar surface area (TPSA) is 152 Å². The van der Waals surface area contributed by atoms with Crippen LogP contribution < -0.4 is 18.9 Å². The Balaban J connectivity index is 1.57. The zero-order chi connectivity index (χ0) is 29.7. The number of ether oxygens (including phenoxy) is 4. The molecule has 0 bridgehead atoms. The number of Topliss-reactive ketones (excluding diaryl/α,β-unsaturated/α-hetero) is 2. The fraction of sp³-hybridized carbons (Fsp3) is 0.188. The Hall–Kier alpha value is -5.38. The van der Waals surface area contributed by atoms with Crippen molar-refractivity contribution in [2.75, 3.05) is 14.2 Å². The highest BCUT2D eigenvalue weighted by Crippen LogP contribution is 2.53. The molecule has 42 heavy (non-hydrogen) atoms. The molecular formula is C32H26O10. The lowest BCUT2D eigenvalue weighted by molar-refractivity contribution is 0.0129. The number of benzene rings is 4. The van der Waals surface area contributed by atoms with E-state index >= 15 is 0 Å². The van der Waals surface area contributed by atoms with Gasteiger partial charge in [-0.3, -0.25) is 9.59 Å². The Morgan fingerprint density at radius 1 is 0.571 bits per heavy atom. The Kier molecular flexibility index (Phi) is 6.53. The molecule has 10 nitrogen and oxygen atoms in total. The van der Waals surface area contributed by atoms with Crippen molar-refractivity contribution < 1.29 is 49.0 Å². The van der Waals surface area contributed by atoms with Gasteiger partial charge in [0.1, 0.15) is 69.3 Å². The highest BCUT2D eigenvalue weighted by Gasteiger charge is 2.53. The van der Waals surface area contributed by atoms with Crippen LogP contribution in [-0.2, 0) is 0 Å². The smallest absolute Gasteiger partial charge is 0.178 e. The molecule has 0 saturated heterocycles. The van der Waals surface area contributed by atoms with E-state index in [1.54, 1.807) is 48.5 Å². The second-order valence-corrected chi connectivity index (χ2v) is 10.1. The minimum atomic E-state index is -1.26. The van der Waals surface area contributed by atoms with Gasteiger partial charge in [0.15, 0.2) is 11.6 Å². The van der Waals surface area contributed by atoms with Crippen LogP contribution >= 0.6 is 0 Å². The van der Waals surface area contributed by atoms with Gasteiger partial charge in [0.25, 0.3) is 0 Å². The van der Waals surface area contributed by atoms with E-state index < -0.39 is 47.1 Å². The summed E-state index contributed by atoms with van der Waals surface area (Å²) in [6, 6.07) is 18.0. The summed E-state index contributed by atoms with van der Waals surface area (Å²) in [5.41, 5.74) is 0.656. The molecule has 4 aromatic rings. The van der Waals surface area contributed by atoms with Gasteiger partial charge in [0.2, 0.25) is 0 Å². The van der Waals surface area contributed by atoms with E-state index in [-0.39, 0.29) is 34.1 Å². The van der Waals surface area contributed by atoms with Crippen LogP contribution in [0.4, 0.5) is 0 Å². The van der Waals surface area contributed by atoms with E-state index in [9.17, 15) is 30.0 Å². The minimum absolute atomic E-state index is 0.0482. The molecule has 2 aliphatic heterocycles. The summed E-state index contributed by atoms with van der Waals surface area (Å²) >= 11 is 0. The Labute approximate surface area is 239 Å². The number of hydrogen-bond acceptors (Lipinski definition) is 10. The number of phenolic OH excluding ortho intramolecular Hbond substituents is 4. The van der Waals surface area contributed by atoms with Crippen LogP contribution in [0.15, 0.2) is 72.8 Å². The maximum absolute atomic E-state index is 14.4. The van der Waals surface area contributed by atoms with Crippen LogP contribution in [0.3, 0.4) is 0 Å². The highest BCUT2D eigenvalue weighted by atomic mass is 16.5. The Morgan fingerprint density at radius 2 is 0.929 bits per heavy atom. The molecule has 0 aliphatic carbocycles. The molecule has 6 rings (SSSR count). The number of carbonyl (C=O) groups is 2. The number of phenols is 4. The molecule has 0 saturated carbocycles. The number of rotatable bonds is 5. The number of carbonyl (C=O) groups excluding carboxylic acids is 2. The minimum Gasteiger partial charge on any atom is -0.508 e. The van der Waals surface area contributed by atoms with Crippen molar-refractivity contribution >= 4 is 11.6 Å². The van der Waals surface area contributed by atoms with Gasteiger partial charge in [-0.25, -0.2) is 0 Å². The van der Waals surface area contributed by atoms with Crippen LogP contribution in [0.5, 0.6) is 46.0 Å². The first kappa shape index (κ1) is 26.8. The third kappa shape index (κ3) is 4.37. The van der Waals surface area contributed by atoms with Gasteiger partial charge >= 0.3 is 0 Å². The zero-order valence-electron chi connectivity index (χ0n) is 22.5. The molecule has 214 valence electrons. The quantitative estimate of drug-likeness (QED) is 0.255. The third-order valence-electron chi connectivity index (χ3n) is 7.67. The van der Waals surface area contributed by atoms with Crippen LogP contribution in [0.25, 0.3) is 0 Å². The Morgan fingerprint density at radius 3 is 1.26 bits per heavy atom. The number of hydrogen-bond donors (Lipinski definition) is 4. The first-order valence-electron chi connectivity index (χ1n) is 13.0. The predicted molar refractivity (Wildman–Crippen MR) is 148 cm³/mol. The van der Waals surface area contributed by atoms with Crippen molar-refractivity contribution in [2.45, 2.75) is 12.2 Å². The van der Waals surface area contributed by atoms with Gasteiger partial charge in [-0.05, 0) is 35.4 Å². The van der Waals surface area contributed by atoms with Gasteiger partial charge in [0, 0.05) is 24.3 Å². The average molecular weight is 571 g/mol. The molecule has 4 aromatic carbocycles. The normalized spacial score (nSPS) is 21.0. The van der Waals surface area contributed by atoms with E-state index in [2.05, 4.69) is 0 Å². The fourth-order valence-corrected chi connectivity index (χ4v) is 5.72. The molecule has 0 unspecified atom stereocenters. The number of ketones is 2. The molecule has 2 aliphatic rings. The molecule has 4 N–H and O–H groups in total. The fourth-order valence-electron chi connectivity index (χ4n) is 5.72. The maximum atomic E-state index is 14.4. The second-order valence-electron chi connectivity index (χ2n) is 10.1. The molecule has 0 aromatic heterocycles. The third-order valence-corrected chi connectivity index (χ3v) is 7.67. The number of methoxy groups -OCH3 is 2. The highest BCUT2D eigenvalue weighted by molar-refractivity contribution is 6.11. The van der Waals surface area contributed by atoms with Crippen LogP contribution in [0.1, 0.15) is 44.1 Å². The monoisotopic (exact) mass is 570 g/mol. The lowest BCUT2D eigenvalue weighted by Gasteiger charge is -2.42. The van der Waals surface area contributed by atoms with Gasteiger partial charge in [0.05, 0.1) is 26.1 Å². The molecule has 0 spiro atoms. The summed E-state index contributed by atoms with van der Waals surface area (Å²) in [6.07, 6.45) is -2.15. The summed E-state index contributed by atoms with van der Waals surface area (Å²) in [5, 5.41) is 41.7.